The summed E-state index contributed by atoms with van der Waals surface area (Å²) in [5.74, 6) is -0.238. The number of nitrogen functional groups attached to an aromatic ring is 1. The third kappa shape index (κ3) is 3.02. The van der Waals surface area contributed by atoms with Crippen molar-refractivity contribution in [1.82, 2.24) is 4.90 Å². The Labute approximate surface area is 109 Å². The Hall–Kier alpha value is -1.09. The quantitative estimate of drug-likeness (QED) is 0.828. The lowest BCUT2D eigenvalue weighted by Gasteiger charge is -2.35. The van der Waals surface area contributed by atoms with Crippen molar-refractivity contribution >= 4 is 5.69 Å². The highest BCUT2D eigenvalue weighted by molar-refractivity contribution is 5.42. The van der Waals surface area contributed by atoms with Gasteiger partial charge in [0.2, 0.25) is 0 Å². The van der Waals surface area contributed by atoms with Gasteiger partial charge in [-0.1, -0.05) is 31.9 Å². The molecule has 0 spiro atoms. The van der Waals surface area contributed by atoms with Gasteiger partial charge in [-0.15, -0.1) is 0 Å². The average molecular weight is 250 g/mol. The van der Waals surface area contributed by atoms with Crippen LogP contribution in [0.5, 0.6) is 0 Å². The third-order valence-corrected chi connectivity index (χ3v) is 3.85. The standard InChI is InChI=1S/C15H23FN2/c1-2-6-13-8-3-4-10-18(13)11-12-7-5-9-14(17)15(12)16/h5,7,9,13H,2-4,6,8,10-11,17H2,1H3. The van der Waals surface area contributed by atoms with Crippen molar-refractivity contribution in [2.45, 2.75) is 51.6 Å². The van der Waals surface area contributed by atoms with Crippen molar-refractivity contribution in [3.05, 3.63) is 29.6 Å². The first-order valence-electron chi connectivity index (χ1n) is 6.99. The highest BCUT2D eigenvalue weighted by Gasteiger charge is 2.22. The van der Waals surface area contributed by atoms with Crippen LogP contribution < -0.4 is 5.73 Å². The van der Waals surface area contributed by atoms with Crippen LogP contribution in [0.4, 0.5) is 10.1 Å². The number of rotatable bonds is 4. The average Bonchev–Trinajstić information content (AvgIpc) is 2.37. The van der Waals surface area contributed by atoms with Gasteiger partial charge < -0.3 is 5.73 Å². The monoisotopic (exact) mass is 250 g/mol. The topological polar surface area (TPSA) is 29.3 Å². The van der Waals surface area contributed by atoms with Crippen LogP contribution in [-0.2, 0) is 6.54 Å². The number of hydrogen-bond acceptors (Lipinski definition) is 2. The van der Waals surface area contributed by atoms with Crippen LogP contribution in [-0.4, -0.2) is 17.5 Å². The minimum atomic E-state index is -0.238. The highest BCUT2D eigenvalue weighted by atomic mass is 19.1. The van der Waals surface area contributed by atoms with Gasteiger partial charge >= 0.3 is 0 Å². The zero-order chi connectivity index (χ0) is 13.0. The first-order valence-corrected chi connectivity index (χ1v) is 6.99. The molecule has 1 aliphatic heterocycles. The van der Waals surface area contributed by atoms with E-state index in [0.717, 1.165) is 12.1 Å². The predicted octanol–water partition coefficient (Wildman–Crippen LogP) is 3.56. The molecule has 1 unspecified atom stereocenters. The minimum Gasteiger partial charge on any atom is -0.396 e. The van der Waals surface area contributed by atoms with Crippen molar-refractivity contribution < 1.29 is 4.39 Å². The third-order valence-electron chi connectivity index (χ3n) is 3.85. The molecule has 1 heterocycles. The van der Waals surface area contributed by atoms with Gasteiger partial charge in [-0.2, -0.15) is 0 Å². The van der Waals surface area contributed by atoms with Crippen LogP contribution in [0.25, 0.3) is 0 Å². The normalized spacial score (nSPS) is 21.1. The fourth-order valence-corrected chi connectivity index (χ4v) is 2.87. The van der Waals surface area contributed by atoms with Crippen molar-refractivity contribution in [2.75, 3.05) is 12.3 Å². The van der Waals surface area contributed by atoms with E-state index in [2.05, 4.69) is 11.8 Å². The molecule has 0 aromatic heterocycles. The fraction of sp³-hybridized carbons (Fsp3) is 0.600. The molecule has 0 saturated carbocycles. The maximum absolute atomic E-state index is 13.9. The van der Waals surface area contributed by atoms with E-state index in [9.17, 15) is 4.39 Å². The lowest BCUT2D eigenvalue weighted by molar-refractivity contribution is 0.130. The SMILES string of the molecule is CCCC1CCCCN1Cc1cccc(N)c1F. The number of hydrogen-bond donors (Lipinski definition) is 1. The molecule has 1 atom stereocenters. The van der Waals surface area contributed by atoms with E-state index in [1.807, 2.05) is 12.1 Å². The molecule has 0 aliphatic carbocycles. The molecule has 2 nitrogen and oxygen atoms in total. The Morgan fingerprint density at radius 2 is 2.22 bits per heavy atom. The maximum atomic E-state index is 13.9. The van der Waals surface area contributed by atoms with Gasteiger partial charge in [0, 0.05) is 18.2 Å². The van der Waals surface area contributed by atoms with Crippen LogP contribution in [0.3, 0.4) is 0 Å². The van der Waals surface area contributed by atoms with E-state index in [0.29, 0.717) is 12.6 Å². The van der Waals surface area contributed by atoms with E-state index >= 15 is 0 Å². The summed E-state index contributed by atoms with van der Waals surface area (Å²) in [5.41, 5.74) is 6.62. The summed E-state index contributed by atoms with van der Waals surface area (Å²) in [5, 5.41) is 0. The molecule has 3 heteroatoms. The van der Waals surface area contributed by atoms with Gasteiger partial charge in [0.05, 0.1) is 5.69 Å². The number of anilines is 1. The molecule has 1 saturated heterocycles. The summed E-state index contributed by atoms with van der Waals surface area (Å²) in [6.07, 6.45) is 6.19. The zero-order valence-electron chi connectivity index (χ0n) is 11.2. The second-order valence-corrected chi connectivity index (χ2v) is 5.23. The Kier molecular flexibility index (Phi) is 4.59. The van der Waals surface area contributed by atoms with E-state index in [-0.39, 0.29) is 11.5 Å². The summed E-state index contributed by atoms with van der Waals surface area (Å²) in [7, 11) is 0. The number of likely N-dealkylation sites (tertiary alicyclic amines) is 1. The van der Waals surface area contributed by atoms with Crippen molar-refractivity contribution in [2.24, 2.45) is 0 Å². The Balaban J connectivity index is 2.08. The Bertz CT molecular complexity index is 390. The molecule has 0 amide bonds. The molecule has 100 valence electrons. The van der Waals surface area contributed by atoms with E-state index in [1.54, 1.807) is 6.07 Å². The van der Waals surface area contributed by atoms with Gasteiger partial charge in [0.15, 0.2) is 5.82 Å². The molecule has 0 radical (unpaired) electrons. The van der Waals surface area contributed by atoms with Crippen molar-refractivity contribution in [3.8, 4) is 0 Å². The molecular weight excluding hydrogens is 227 g/mol. The second-order valence-electron chi connectivity index (χ2n) is 5.23. The molecular formula is C15H23FN2. The van der Waals surface area contributed by atoms with Gasteiger partial charge in [0.25, 0.3) is 0 Å². The van der Waals surface area contributed by atoms with Crippen molar-refractivity contribution in [1.29, 1.82) is 0 Å². The smallest absolute Gasteiger partial charge is 0.150 e. The van der Waals surface area contributed by atoms with E-state index in [1.165, 1.54) is 32.1 Å². The summed E-state index contributed by atoms with van der Waals surface area (Å²) in [6, 6.07) is 5.93. The zero-order valence-corrected chi connectivity index (χ0v) is 11.2. The molecule has 0 bridgehead atoms. The summed E-state index contributed by atoms with van der Waals surface area (Å²) in [6.45, 7) is 3.99. The number of benzene rings is 1. The van der Waals surface area contributed by atoms with Gasteiger partial charge in [0.1, 0.15) is 0 Å². The first-order chi connectivity index (χ1) is 8.72. The van der Waals surface area contributed by atoms with Gasteiger partial charge in [-0.3, -0.25) is 4.90 Å². The van der Waals surface area contributed by atoms with Crippen LogP contribution in [0.2, 0.25) is 0 Å². The summed E-state index contributed by atoms with van der Waals surface area (Å²) >= 11 is 0. The highest BCUT2D eigenvalue weighted by Crippen LogP contribution is 2.24. The molecule has 1 fully saturated rings. The Morgan fingerprint density at radius 3 is 3.00 bits per heavy atom. The maximum Gasteiger partial charge on any atom is 0.150 e. The van der Waals surface area contributed by atoms with Crippen LogP contribution in [0.1, 0.15) is 44.6 Å². The van der Waals surface area contributed by atoms with Crippen LogP contribution >= 0.6 is 0 Å². The lowest BCUT2D eigenvalue weighted by atomic mass is 9.97. The predicted molar refractivity (Wildman–Crippen MR) is 73.8 cm³/mol. The van der Waals surface area contributed by atoms with E-state index < -0.39 is 0 Å². The van der Waals surface area contributed by atoms with Crippen molar-refractivity contribution in [3.63, 3.8) is 0 Å². The van der Waals surface area contributed by atoms with Crippen LogP contribution in [0, 0.1) is 5.82 Å². The molecule has 1 aromatic carbocycles. The van der Waals surface area contributed by atoms with Gasteiger partial charge in [-0.25, -0.2) is 4.39 Å². The molecule has 2 N–H and O–H groups in total. The summed E-state index contributed by atoms with van der Waals surface area (Å²) < 4.78 is 13.9. The molecule has 2 rings (SSSR count). The molecule has 18 heavy (non-hydrogen) atoms. The number of nitrogens with two attached hydrogens (primary N) is 1. The number of halogens is 1. The first kappa shape index (κ1) is 13.3. The van der Waals surface area contributed by atoms with Gasteiger partial charge in [-0.05, 0) is 31.9 Å². The number of piperidine rings is 1. The molecule has 1 aromatic rings. The minimum absolute atomic E-state index is 0.238. The Morgan fingerprint density at radius 1 is 1.39 bits per heavy atom. The lowest BCUT2D eigenvalue weighted by Crippen LogP contribution is -2.39. The second kappa shape index (κ2) is 6.19. The fourth-order valence-electron chi connectivity index (χ4n) is 2.87. The molecule has 1 aliphatic rings. The number of nitrogens with zero attached hydrogens (tertiary/aromatic N) is 1. The van der Waals surface area contributed by atoms with E-state index in [4.69, 9.17) is 5.73 Å². The van der Waals surface area contributed by atoms with Crippen LogP contribution in [0.15, 0.2) is 18.2 Å². The largest absolute Gasteiger partial charge is 0.396 e. The summed E-state index contributed by atoms with van der Waals surface area (Å²) in [4.78, 5) is 2.42.